The van der Waals surface area contributed by atoms with Gasteiger partial charge in [0.25, 0.3) is 17.2 Å². The van der Waals surface area contributed by atoms with Crippen LogP contribution in [0.1, 0.15) is 51.7 Å². The van der Waals surface area contributed by atoms with Gasteiger partial charge in [-0.1, -0.05) is 17.7 Å². The average Bonchev–Trinajstić information content (AvgIpc) is 3.51. The average molecular weight is 615 g/mol. The van der Waals surface area contributed by atoms with E-state index in [1.807, 2.05) is 25.1 Å². The lowest BCUT2D eigenvalue weighted by molar-refractivity contribution is -0.384. The van der Waals surface area contributed by atoms with Crippen LogP contribution in [0.3, 0.4) is 0 Å². The van der Waals surface area contributed by atoms with Gasteiger partial charge in [-0.3, -0.25) is 24.3 Å². The van der Waals surface area contributed by atoms with Crippen LogP contribution in [-0.4, -0.2) is 28.0 Å². The number of benzene rings is 2. The number of fused-ring (bicyclic) bond motifs is 1. The maximum atomic E-state index is 13.7. The van der Waals surface area contributed by atoms with Gasteiger partial charge >= 0.3 is 5.97 Å². The number of amides is 1. The number of nitriles is 1. The number of non-ortho nitro benzene ring substituents is 1. The molecule has 0 saturated heterocycles. The summed E-state index contributed by atoms with van der Waals surface area (Å²) < 4.78 is 6.94. The Hall–Kier alpha value is -4.86. The van der Waals surface area contributed by atoms with E-state index in [0.29, 0.717) is 28.2 Å². The number of carbonyl (C=O) groups is 2. The summed E-state index contributed by atoms with van der Waals surface area (Å²) in [6.07, 6.45) is 4.95. The number of nitrogens with zero attached hydrogens (tertiary/aromatic N) is 3. The van der Waals surface area contributed by atoms with Crippen molar-refractivity contribution in [1.29, 1.82) is 5.26 Å². The molecule has 218 valence electrons. The van der Waals surface area contributed by atoms with E-state index in [1.165, 1.54) is 40.2 Å². The fourth-order valence-corrected chi connectivity index (χ4v) is 7.23. The van der Waals surface area contributed by atoms with Crippen LogP contribution in [0.2, 0.25) is 0 Å². The highest BCUT2D eigenvalue weighted by atomic mass is 32.1. The van der Waals surface area contributed by atoms with Gasteiger partial charge in [-0.25, -0.2) is 4.79 Å². The number of esters is 1. The van der Waals surface area contributed by atoms with E-state index in [-0.39, 0.29) is 27.1 Å². The second-order valence-corrected chi connectivity index (χ2v) is 12.0. The van der Waals surface area contributed by atoms with E-state index >= 15 is 0 Å². The van der Waals surface area contributed by atoms with Crippen LogP contribution in [0.25, 0.3) is 17.3 Å². The van der Waals surface area contributed by atoms with Crippen molar-refractivity contribution in [2.24, 2.45) is 0 Å². The first-order valence-electron chi connectivity index (χ1n) is 13.5. The second-order valence-electron chi connectivity index (χ2n) is 9.82. The van der Waals surface area contributed by atoms with E-state index in [4.69, 9.17) is 4.74 Å². The zero-order valence-corrected chi connectivity index (χ0v) is 25.0. The lowest BCUT2D eigenvalue weighted by Crippen LogP contribution is -2.32. The Bertz CT molecular complexity index is 1960. The van der Waals surface area contributed by atoms with Crippen molar-refractivity contribution in [2.75, 3.05) is 11.9 Å². The zero-order chi connectivity index (χ0) is 30.7. The van der Waals surface area contributed by atoms with Gasteiger partial charge in [-0.2, -0.15) is 5.26 Å². The minimum absolute atomic E-state index is 0.0877. The summed E-state index contributed by atoms with van der Waals surface area (Å²) in [6, 6.07) is 14.8. The molecule has 0 aliphatic heterocycles. The molecule has 4 aromatic rings. The van der Waals surface area contributed by atoms with Gasteiger partial charge in [0.15, 0.2) is 5.57 Å². The molecule has 1 aliphatic rings. The van der Waals surface area contributed by atoms with Gasteiger partial charge < -0.3 is 10.1 Å². The van der Waals surface area contributed by atoms with Crippen LogP contribution in [0.15, 0.2) is 53.3 Å². The Labute approximate surface area is 254 Å². The molecule has 0 radical (unpaired) electrons. The number of thiazole rings is 1. The molecule has 1 amide bonds. The third-order valence-electron chi connectivity index (χ3n) is 6.95. The second kappa shape index (κ2) is 12.6. The molecule has 5 rings (SSSR count). The topological polar surface area (TPSA) is 144 Å². The summed E-state index contributed by atoms with van der Waals surface area (Å²) in [5.41, 5.74) is 2.31. The summed E-state index contributed by atoms with van der Waals surface area (Å²) in [6.45, 7) is 3.79. The lowest BCUT2D eigenvalue weighted by Gasteiger charge is -2.12. The molecule has 0 saturated carbocycles. The molecule has 0 bridgehead atoms. The number of ether oxygens (including phenoxy) is 1. The van der Waals surface area contributed by atoms with Gasteiger partial charge in [-0.05, 0) is 81.0 Å². The SMILES string of the molecule is CCOC(=O)c1c(NC(=O)/C(C#N)=c2\s/c(=C/c3ccc([N+](=O)[O-])cc3)c(=O)n2-c2ccc(C)cc2)sc2c1CCCC2. The number of hydrogen-bond donors (Lipinski definition) is 1. The fourth-order valence-electron chi connectivity index (χ4n) is 4.86. The molecule has 0 fully saturated rings. The first-order chi connectivity index (χ1) is 20.7. The first kappa shape index (κ1) is 29.6. The largest absolute Gasteiger partial charge is 0.462 e. The van der Waals surface area contributed by atoms with Crippen molar-refractivity contribution >= 4 is 56.9 Å². The van der Waals surface area contributed by atoms with Crippen LogP contribution in [0, 0.1) is 28.4 Å². The van der Waals surface area contributed by atoms with Crippen LogP contribution in [-0.2, 0) is 22.4 Å². The summed E-state index contributed by atoms with van der Waals surface area (Å²) in [5.74, 6) is -1.28. The first-order valence-corrected chi connectivity index (χ1v) is 15.2. The Balaban J connectivity index is 1.67. The maximum Gasteiger partial charge on any atom is 0.341 e. The third-order valence-corrected chi connectivity index (χ3v) is 9.25. The van der Waals surface area contributed by atoms with Gasteiger partial charge in [0, 0.05) is 17.0 Å². The van der Waals surface area contributed by atoms with Gasteiger partial charge in [0.05, 0.1) is 27.3 Å². The number of nitro benzene ring substituents is 1. The molecule has 2 aromatic carbocycles. The number of nitro groups is 1. The number of nitrogens with one attached hydrogen (secondary N) is 1. The van der Waals surface area contributed by atoms with Crippen molar-refractivity contribution in [3.8, 4) is 11.8 Å². The smallest absolute Gasteiger partial charge is 0.341 e. The zero-order valence-electron chi connectivity index (χ0n) is 23.3. The molecule has 2 heterocycles. The van der Waals surface area contributed by atoms with Crippen molar-refractivity contribution in [3.05, 3.63) is 105 Å². The predicted molar refractivity (Wildman–Crippen MR) is 165 cm³/mol. The Kier molecular flexibility index (Phi) is 8.66. The van der Waals surface area contributed by atoms with Crippen LogP contribution in [0.4, 0.5) is 10.7 Å². The van der Waals surface area contributed by atoms with Crippen molar-refractivity contribution in [3.63, 3.8) is 0 Å². The molecule has 43 heavy (non-hydrogen) atoms. The number of aromatic nitrogens is 1. The van der Waals surface area contributed by atoms with Crippen molar-refractivity contribution < 1.29 is 19.2 Å². The molecule has 0 spiro atoms. The number of aryl methyl sites for hydroxylation is 2. The normalized spacial score (nSPS) is 13.6. The molecular weight excluding hydrogens is 588 g/mol. The van der Waals surface area contributed by atoms with E-state index in [9.17, 15) is 29.8 Å². The third kappa shape index (κ3) is 6.04. The summed E-state index contributed by atoms with van der Waals surface area (Å²) in [7, 11) is 0. The highest BCUT2D eigenvalue weighted by molar-refractivity contribution is 7.17. The number of anilines is 1. The molecule has 2 aromatic heterocycles. The van der Waals surface area contributed by atoms with E-state index in [1.54, 1.807) is 25.1 Å². The van der Waals surface area contributed by atoms with Crippen LogP contribution in [0.5, 0.6) is 0 Å². The van der Waals surface area contributed by atoms with Crippen molar-refractivity contribution in [1.82, 2.24) is 4.57 Å². The highest BCUT2D eigenvalue weighted by Gasteiger charge is 2.28. The molecule has 10 nitrogen and oxygen atoms in total. The van der Waals surface area contributed by atoms with Gasteiger partial charge in [-0.15, -0.1) is 22.7 Å². The molecular formula is C31H26N4O6S2. The minimum atomic E-state index is -0.754. The fraction of sp³-hybridized carbons (Fsp3) is 0.226. The summed E-state index contributed by atoms with van der Waals surface area (Å²) in [5, 5.41) is 24.4. The summed E-state index contributed by atoms with van der Waals surface area (Å²) in [4.78, 5) is 51.9. The Morgan fingerprint density at radius 3 is 2.47 bits per heavy atom. The van der Waals surface area contributed by atoms with Crippen molar-refractivity contribution in [2.45, 2.75) is 39.5 Å². The minimum Gasteiger partial charge on any atom is -0.462 e. The summed E-state index contributed by atoms with van der Waals surface area (Å²) >= 11 is 2.27. The van der Waals surface area contributed by atoms with Crippen LogP contribution >= 0.6 is 22.7 Å². The van der Waals surface area contributed by atoms with E-state index < -0.39 is 22.4 Å². The predicted octanol–water partition coefficient (Wildman–Crippen LogP) is 4.37. The number of carbonyl (C=O) groups excluding carboxylic acids is 2. The molecule has 1 aliphatic carbocycles. The molecule has 0 atom stereocenters. The molecule has 12 heteroatoms. The maximum absolute atomic E-state index is 13.7. The monoisotopic (exact) mass is 614 g/mol. The number of hydrogen-bond acceptors (Lipinski definition) is 9. The lowest BCUT2D eigenvalue weighted by atomic mass is 9.95. The Morgan fingerprint density at radius 2 is 1.81 bits per heavy atom. The van der Waals surface area contributed by atoms with Gasteiger partial charge in [0.2, 0.25) is 0 Å². The number of thiophene rings is 1. The Morgan fingerprint density at radius 1 is 1.12 bits per heavy atom. The van der Waals surface area contributed by atoms with Gasteiger partial charge in [0.1, 0.15) is 15.7 Å². The molecule has 1 N–H and O–H groups in total. The molecule has 0 unspecified atom stereocenters. The van der Waals surface area contributed by atoms with Crippen LogP contribution < -0.4 is 20.1 Å². The standard InChI is InChI=1S/C31H26N4O6S2/c1-3-41-31(38)26-22-6-4-5-7-24(22)42-28(26)33-27(36)23(17-32)30-34(20-12-8-18(2)9-13-20)29(37)25(43-30)16-19-10-14-21(15-11-19)35(39)40/h8-16H,3-7H2,1-2H3,(H,33,36)/b25-16+,30-23-. The number of rotatable bonds is 7. The highest BCUT2D eigenvalue weighted by Crippen LogP contribution is 2.38. The van der Waals surface area contributed by atoms with E-state index in [0.717, 1.165) is 46.6 Å². The quantitative estimate of drug-likeness (QED) is 0.185. The van der Waals surface area contributed by atoms with E-state index in [2.05, 4.69) is 5.32 Å².